The summed E-state index contributed by atoms with van der Waals surface area (Å²) in [4.78, 5) is 21.5. The van der Waals surface area contributed by atoms with Crippen LogP contribution in [0.5, 0.6) is 5.75 Å². The van der Waals surface area contributed by atoms with E-state index in [1.54, 1.807) is 18.6 Å². The van der Waals surface area contributed by atoms with E-state index in [2.05, 4.69) is 15.3 Å². The van der Waals surface area contributed by atoms with Gasteiger partial charge in [-0.05, 0) is 31.4 Å². The van der Waals surface area contributed by atoms with E-state index in [0.717, 1.165) is 41.7 Å². The maximum atomic E-state index is 12.9. The molecule has 2 aromatic heterocycles. The number of benzene rings is 1. The summed E-state index contributed by atoms with van der Waals surface area (Å²) in [5, 5.41) is 3.19. The van der Waals surface area contributed by atoms with Crippen LogP contribution in [0.2, 0.25) is 0 Å². The van der Waals surface area contributed by atoms with Crippen LogP contribution in [-0.4, -0.2) is 26.0 Å². The number of para-hydroxylation sites is 1. The average Bonchev–Trinajstić information content (AvgIpc) is 3.00. The van der Waals surface area contributed by atoms with Gasteiger partial charge < -0.3 is 14.6 Å². The Morgan fingerprint density at radius 1 is 1.31 bits per heavy atom. The number of nitrogens with one attached hydrogen (secondary N) is 1. The molecule has 1 amide bonds. The van der Waals surface area contributed by atoms with Crippen molar-refractivity contribution < 1.29 is 9.53 Å². The summed E-state index contributed by atoms with van der Waals surface area (Å²) < 4.78 is 8.10. The number of aromatic nitrogens is 3. The van der Waals surface area contributed by atoms with E-state index < -0.39 is 0 Å². The minimum atomic E-state index is -0.124. The maximum absolute atomic E-state index is 12.9. The van der Waals surface area contributed by atoms with Gasteiger partial charge in [0.2, 0.25) is 0 Å². The van der Waals surface area contributed by atoms with Crippen LogP contribution in [-0.2, 0) is 7.05 Å². The number of hydrogen-bond donors (Lipinski definition) is 1. The fourth-order valence-corrected chi connectivity index (χ4v) is 4.01. The van der Waals surface area contributed by atoms with Gasteiger partial charge in [-0.2, -0.15) is 0 Å². The Morgan fingerprint density at radius 3 is 2.96 bits per heavy atom. The van der Waals surface area contributed by atoms with E-state index in [4.69, 9.17) is 4.74 Å². The molecular formula is C20H20N4O2. The van der Waals surface area contributed by atoms with Crippen LogP contribution in [0, 0.1) is 0 Å². The molecule has 1 atom stereocenters. The van der Waals surface area contributed by atoms with E-state index in [-0.39, 0.29) is 17.6 Å². The van der Waals surface area contributed by atoms with Gasteiger partial charge >= 0.3 is 0 Å². The van der Waals surface area contributed by atoms with Gasteiger partial charge in [0.25, 0.3) is 5.91 Å². The summed E-state index contributed by atoms with van der Waals surface area (Å²) in [6, 6.07) is 9.74. The number of aryl methyl sites for hydroxylation is 1. The lowest BCUT2D eigenvalue weighted by Gasteiger charge is -2.48. The van der Waals surface area contributed by atoms with E-state index in [9.17, 15) is 4.79 Å². The van der Waals surface area contributed by atoms with Gasteiger partial charge in [0.05, 0.1) is 17.9 Å². The van der Waals surface area contributed by atoms with Gasteiger partial charge in [0.1, 0.15) is 16.9 Å². The second-order valence-corrected chi connectivity index (χ2v) is 7.33. The van der Waals surface area contributed by atoms with Gasteiger partial charge in [-0.1, -0.05) is 18.2 Å². The van der Waals surface area contributed by atoms with Crippen LogP contribution >= 0.6 is 0 Å². The highest BCUT2D eigenvalue weighted by Gasteiger charge is 2.45. The van der Waals surface area contributed by atoms with Crippen LogP contribution in [0.1, 0.15) is 47.6 Å². The molecule has 132 valence electrons. The van der Waals surface area contributed by atoms with Gasteiger partial charge in [0.15, 0.2) is 5.65 Å². The maximum Gasteiger partial charge on any atom is 0.253 e. The van der Waals surface area contributed by atoms with Crippen LogP contribution in [0.3, 0.4) is 0 Å². The van der Waals surface area contributed by atoms with Gasteiger partial charge in [-0.15, -0.1) is 0 Å². The lowest BCUT2D eigenvalue weighted by atomic mass is 9.73. The minimum absolute atomic E-state index is 0.0489. The molecule has 1 aromatic carbocycles. The van der Waals surface area contributed by atoms with Crippen molar-refractivity contribution in [2.75, 3.05) is 0 Å². The summed E-state index contributed by atoms with van der Waals surface area (Å²) in [5.41, 5.74) is 2.96. The molecule has 0 bridgehead atoms. The highest BCUT2D eigenvalue weighted by atomic mass is 16.5. The second-order valence-electron chi connectivity index (χ2n) is 7.33. The van der Waals surface area contributed by atoms with E-state index in [0.29, 0.717) is 5.56 Å². The number of carbonyl (C=O) groups is 1. The van der Waals surface area contributed by atoms with Crippen LogP contribution in [0.25, 0.3) is 11.2 Å². The molecule has 3 aromatic rings. The molecule has 1 spiro atoms. The second kappa shape index (κ2) is 5.56. The number of rotatable bonds is 2. The summed E-state index contributed by atoms with van der Waals surface area (Å²) in [5.74, 6) is 0.767. The molecule has 0 radical (unpaired) electrons. The number of pyridine rings is 1. The van der Waals surface area contributed by atoms with Gasteiger partial charge in [-0.3, -0.25) is 4.79 Å². The predicted molar refractivity (Wildman–Crippen MR) is 97.0 cm³/mol. The van der Waals surface area contributed by atoms with E-state index in [1.165, 1.54) is 6.42 Å². The molecule has 6 heteroatoms. The third-order valence-electron chi connectivity index (χ3n) is 5.58. The normalized spacial score (nSPS) is 20.3. The first-order chi connectivity index (χ1) is 12.6. The van der Waals surface area contributed by atoms with Crippen LogP contribution < -0.4 is 10.1 Å². The highest BCUT2D eigenvalue weighted by molar-refractivity contribution is 5.96. The number of carbonyl (C=O) groups excluding carboxylic acids is 1. The first-order valence-electron chi connectivity index (χ1n) is 8.99. The number of hydrogen-bond acceptors (Lipinski definition) is 4. The molecule has 26 heavy (non-hydrogen) atoms. The zero-order valence-corrected chi connectivity index (χ0v) is 14.6. The third-order valence-corrected chi connectivity index (χ3v) is 5.58. The van der Waals surface area contributed by atoms with Crippen molar-refractivity contribution in [3.05, 3.63) is 54.0 Å². The fourth-order valence-electron chi connectivity index (χ4n) is 4.01. The van der Waals surface area contributed by atoms with Crippen LogP contribution in [0.4, 0.5) is 0 Å². The fraction of sp³-hybridized carbons (Fsp3) is 0.350. The first-order valence-corrected chi connectivity index (χ1v) is 8.99. The monoisotopic (exact) mass is 348 g/mol. The third kappa shape index (κ3) is 2.36. The van der Waals surface area contributed by atoms with Crippen molar-refractivity contribution in [2.24, 2.45) is 7.05 Å². The summed E-state index contributed by atoms with van der Waals surface area (Å²) in [6.45, 7) is 0. The molecule has 1 aliphatic heterocycles. The minimum Gasteiger partial charge on any atom is -0.487 e. The lowest BCUT2D eigenvalue weighted by molar-refractivity contribution is -0.0360. The molecule has 3 heterocycles. The molecule has 0 unspecified atom stereocenters. The zero-order chi connectivity index (χ0) is 17.7. The smallest absolute Gasteiger partial charge is 0.253 e. The SMILES string of the molecule is Cn1cnc2cc(C(=O)N[C@@H]3CC4(CCC4)Oc4ccccc43)cnc21. The van der Waals surface area contributed by atoms with Crippen molar-refractivity contribution >= 4 is 17.1 Å². The Kier molecular flexibility index (Phi) is 3.29. The molecule has 1 N–H and O–H groups in total. The number of fused-ring (bicyclic) bond motifs is 2. The van der Waals surface area contributed by atoms with Crippen molar-refractivity contribution in [1.29, 1.82) is 0 Å². The summed E-state index contributed by atoms with van der Waals surface area (Å²) >= 11 is 0. The molecule has 1 saturated carbocycles. The van der Waals surface area contributed by atoms with Gasteiger partial charge in [0, 0.05) is 25.2 Å². The molecule has 1 aliphatic carbocycles. The van der Waals surface area contributed by atoms with E-state index >= 15 is 0 Å². The number of amides is 1. The first kappa shape index (κ1) is 15.4. The Hall–Kier alpha value is -2.89. The standard InChI is InChI=1S/C20H20N4O2/c1-24-12-22-15-9-13(11-21-18(15)24)19(25)23-16-10-20(7-4-8-20)26-17-6-3-2-5-14(16)17/h2-3,5-6,9,11-12,16H,4,7-8,10H2,1H3,(H,23,25)/t16-/m1/s1. The van der Waals surface area contributed by atoms with Crippen molar-refractivity contribution in [2.45, 2.75) is 37.3 Å². The molecule has 5 rings (SSSR count). The largest absolute Gasteiger partial charge is 0.487 e. The molecule has 0 saturated heterocycles. The molecule has 1 fully saturated rings. The average molecular weight is 348 g/mol. The topological polar surface area (TPSA) is 69.0 Å². The Labute approximate surface area is 151 Å². The number of ether oxygens (including phenoxy) is 1. The quantitative estimate of drug-likeness (QED) is 0.772. The van der Waals surface area contributed by atoms with Crippen LogP contribution in [0.15, 0.2) is 42.9 Å². The Bertz CT molecular complexity index is 1010. The van der Waals surface area contributed by atoms with Crippen molar-refractivity contribution in [3.8, 4) is 5.75 Å². The Morgan fingerprint density at radius 2 is 2.15 bits per heavy atom. The molecule has 2 aliphatic rings. The lowest BCUT2D eigenvalue weighted by Crippen LogP contribution is -2.49. The van der Waals surface area contributed by atoms with Crippen molar-refractivity contribution in [1.82, 2.24) is 19.9 Å². The molecular weight excluding hydrogens is 328 g/mol. The van der Waals surface area contributed by atoms with Gasteiger partial charge in [-0.25, -0.2) is 9.97 Å². The Balaban J connectivity index is 1.44. The predicted octanol–water partition coefficient (Wildman–Crippen LogP) is 3.14. The van der Waals surface area contributed by atoms with E-state index in [1.807, 2.05) is 35.9 Å². The number of nitrogens with zero attached hydrogens (tertiary/aromatic N) is 3. The summed E-state index contributed by atoms with van der Waals surface area (Å²) in [7, 11) is 1.89. The highest BCUT2D eigenvalue weighted by Crippen LogP contribution is 2.48. The van der Waals surface area contributed by atoms with Crippen molar-refractivity contribution in [3.63, 3.8) is 0 Å². The summed E-state index contributed by atoms with van der Waals surface area (Å²) in [6.07, 6.45) is 7.42. The molecule has 6 nitrogen and oxygen atoms in total. The number of imidazole rings is 1. The zero-order valence-electron chi connectivity index (χ0n) is 14.6.